The molecule has 1 aliphatic heterocycles. The van der Waals surface area contributed by atoms with Crippen molar-refractivity contribution in [2.24, 2.45) is 4.99 Å². The monoisotopic (exact) mass is 398 g/mol. The molecule has 3 aromatic rings. The minimum atomic E-state index is -0.424. The fourth-order valence-electron chi connectivity index (χ4n) is 2.95. The second kappa shape index (κ2) is 7.85. The molecule has 0 spiro atoms. The summed E-state index contributed by atoms with van der Waals surface area (Å²) in [7, 11) is 1.33. The molecule has 0 fully saturated rings. The Bertz CT molecular complexity index is 1100. The summed E-state index contributed by atoms with van der Waals surface area (Å²) in [6, 6.07) is 13.1. The van der Waals surface area contributed by atoms with Crippen LogP contribution in [-0.2, 0) is 27.3 Å². The number of hydrogen-bond acceptors (Lipinski definition) is 6. The van der Waals surface area contributed by atoms with Crippen molar-refractivity contribution >= 4 is 33.4 Å². The molecule has 0 saturated heterocycles. The van der Waals surface area contributed by atoms with Crippen LogP contribution in [0.15, 0.2) is 47.5 Å². The van der Waals surface area contributed by atoms with Gasteiger partial charge in [-0.1, -0.05) is 41.7 Å². The molecule has 0 saturated carbocycles. The van der Waals surface area contributed by atoms with E-state index in [0.717, 1.165) is 15.8 Å². The molecule has 8 heteroatoms. The van der Waals surface area contributed by atoms with Gasteiger partial charge in [0.15, 0.2) is 16.3 Å². The molecule has 0 bridgehead atoms. The van der Waals surface area contributed by atoms with Gasteiger partial charge in [0.2, 0.25) is 0 Å². The first-order chi connectivity index (χ1) is 13.6. The fraction of sp³-hybridized carbons (Fsp3) is 0.250. The summed E-state index contributed by atoms with van der Waals surface area (Å²) < 4.78 is 18.6. The number of esters is 1. The highest BCUT2D eigenvalue weighted by atomic mass is 32.1. The average Bonchev–Trinajstić information content (AvgIpc) is 3.02. The second-order valence-electron chi connectivity index (χ2n) is 6.18. The Labute approximate surface area is 164 Å². The molecule has 2 heterocycles. The van der Waals surface area contributed by atoms with Gasteiger partial charge in [0.05, 0.1) is 23.7 Å². The minimum absolute atomic E-state index is 0.0480. The number of aromatic nitrogens is 1. The third kappa shape index (κ3) is 3.77. The SMILES string of the molecule is COC(=O)Cn1c(=NC(=O)Cc2ccccc2)sc2cc3c(cc21)OCCO3. The van der Waals surface area contributed by atoms with Crippen molar-refractivity contribution in [3.05, 3.63) is 52.8 Å². The number of rotatable bonds is 4. The van der Waals surface area contributed by atoms with Crippen molar-refractivity contribution in [3.63, 3.8) is 0 Å². The lowest BCUT2D eigenvalue weighted by molar-refractivity contribution is -0.141. The van der Waals surface area contributed by atoms with Crippen molar-refractivity contribution in [2.75, 3.05) is 20.3 Å². The van der Waals surface area contributed by atoms with Crippen molar-refractivity contribution in [2.45, 2.75) is 13.0 Å². The second-order valence-corrected chi connectivity index (χ2v) is 7.19. The standard InChI is InChI=1S/C20H18N2O5S/c1-25-19(24)12-22-14-10-15-16(27-8-7-26-15)11-17(14)28-20(22)21-18(23)9-13-5-3-2-4-6-13/h2-6,10-11H,7-9,12H2,1H3. The minimum Gasteiger partial charge on any atom is -0.486 e. The third-order valence-electron chi connectivity index (χ3n) is 4.28. The molecule has 0 radical (unpaired) electrons. The molecule has 7 nitrogen and oxygen atoms in total. The van der Waals surface area contributed by atoms with Crippen molar-refractivity contribution in [1.29, 1.82) is 0 Å². The zero-order chi connectivity index (χ0) is 19.5. The predicted octanol–water partition coefficient (Wildman–Crippen LogP) is 2.32. The molecule has 0 atom stereocenters. The van der Waals surface area contributed by atoms with E-state index in [4.69, 9.17) is 14.2 Å². The summed E-state index contributed by atoms with van der Waals surface area (Å²) in [5, 5.41) is 0. The topological polar surface area (TPSA) is 79.1 Å². The van der Waals surface area contributed by atoms with E-state index in [1.54, 1.807) is 4.57 Å². The maximum Gasteiger partial charge on any atom is 0.325 e. The highest BCUT2D eigenvalue weighted by Crippen LogP contribution is 2.35. The number of fused-ring (bicyclic) bond motifs is 2. The van der Waals surface area contributed by atoms with Crippen LogP contribution in [0.3, 0.4) is 0 Å². The molecule has 2 aromatic carbocycles. The van der Waals surface area contributed by atoms with Crippen LogP contribution in [0.4, 0.5) is 0 Å². The third-order valence-corrected chi connectivity index (χ3v) is 5.32. The number of amides is 1. The Kier molecular flexibility index (Phi) is 5.12. The van der Waals surface area contributed by atoms with Gasteiger partial charge >= 0.3 is 5.97 Å². The number of nitrogens with zero attached hydrogens (tertiary/aromatic N) is 2. The summed E-state index contributed by atoms with van der Waals surface area (Å²) >= 11 is 1.32. The van der Waals surface area contributed by atoms with Gasteiger partial charge in [-0.25, -0.2) is 0 Å². The number of carbonyl (C=O) groups is 2. The van der Waals surface area contributed by atoms with Gasteiger partial charge in [-0.2, -0.15) is 4.99 Å². The van der Waals surface area contributed by atoms with Gasteiger partial charge < -0.3 is 18.8 Å². The van der Waals surface area contributed by atoms with E-state index in [-0.39, 0.29) is 18.9 Å². The number of thiazole rings is 1. The van der Waals surface area contributed by atoms with Gasteiger partial charge in [-0.15, -0.1) is 0 Å². The van der Waals surface area contributed by atoms with E-state index in [9.17, 15) is 9.59 Å². The van der Waals surface area contributed by atoms with Crippen molar-refractivity contribution in [3.8, 4) is 11.5 Å². The molecule has 0 N–H and O–H groups in total. The number of carbonyl (C=O) groups excluding carboxylic acids is 2. The van der Waals surface area contributed by atoms with Crippen LogP contribution in [0.5, 0.6) is 11.5 Å². The van der Waals surface area contributed by atoms with E-state index < -0.39 is 5.97 Å². The largest absolute Gasteiger partial charge is 0.486 e. The van der Waals surface area contributed by atoms with Gasteiger partial charge in [-0.3, -0.25) is 9.59 Å². The van der Waals surface area contributed by atoms with Gasteiger partial charge in [-0.05, 0) is 5.56 Å². The quantitative estimate of drug-likeness (QED) is 0.630. The molecule has 1 aromatic heterocycles. The molecule has 0 unspecified atom stereocenters. The van der Waals surface area contributed by atoms with Crippen LogP contribution in [0.2, 0.25) is 0 Å². The number of ether oxygens (including phenoxy) is 3. The van der Waals surface area contributed by atoms with Gasteiger partial charge in [0.25, 0.3) is 5.91 Å². The van der Waals surface area contributed by atoms with Crippen molar-refractivity contribution in [1.82, 2.24) is 4.57 Å². The lowest BCUT2D eigenvalue weighted by atomic mass is 10.1. The van der Waals surface area contributed by atoms with E-state index in [1.807, 2.05) is 42.5 Å². The van der Waals surface area contributed by atoms with Gasteiger partial charge in [0, 0.05) is 12.1 Å². The maximum absolute atomic E-state index is 12.5. The van der Waals surface area contributed by atoms with Gasteiger partial charge in [0.1, 0.15) is 19.8 Å². The van der Waals surface area contributed by atoms with Crippen LogP contribution >= 0.6 is 11.3 Å². The molecular weight excluding hydrogens is 380 g/mol. The number of benzene rings is 2. The molecule has 28 heavy (non-hydrogen) atoms. The molecule has 0 aliphatic carbocycles. The first kappa shape index (κ1) is 18.2. The summed E-state index contributed by atoms with van der Waals surface area (Å²) in [6.07, 6.45) is 0.191. The molecule has 144 valence electrons. The fourth-order valence-corrected chi connectivity index (χ4v) is 4.01. The summed E-state index contributed by atoms with van der Waals surface area (Å²) in [6.45, 7) is 0.902. The summed E-state index contributed by atoms with van der Waals surface area (Å²) in [5.74, 6) is 0.546. The molecule has 1 aliphatic rings. The van der Waals surface area contributed by atoms with Crippen LogP contribution in [0, 0.1) is 0 Å². The zero-order valence-corrected chi connectivity index (χ0v) is 16.0. The zero-order valence-electron chi connectivity index (χ0n) is 15.2. The van der Waals surface area contributed by atoms with Crippen LogP contribution in [0.1, 0.15) is 5.56 Å². The van der Waals surface area contributed by atoms with Crippen LogP contribution < -0.4 is 14.3 Å². The first-order valence-electron chi connectivity index (χ1n) is 8.75. The Morgan fingerprint density at radius 1 is 1.14 bits per heavy atom. The Morgan fingerprint density at radius 3 is 2.57 bits per heavy atom. The Morgan fingerprint density at radius 2 is 1.86 bits per heavy atom. The van der Waals surface area contributed by atoms with E-state index in [0.29, 0.717) is 29.5 Å². The van der Waals surface area contributed by atoms with Crippen molar-refractivity contribution < 1.29 is 23.8 Å². The molecule has 4 rings (SSSR count). The maximum atomic E-state index is 12.5. The summed E-state index contributed by atoms with van der Waals surface area (Å²) in [5.41, 5.74) is 1.63. The smallest absolute Gasteiger partial charge is 0.325 e. The predicted molar refractivity (Wildman–Crippen MR) is 104 cm³/mol. The van der Waals surface area contributed by atoms with Crippen LogP contribution in [-0.4, -0.2) is 36.8 Å². The molecular formula is C20H18N2O5S. The number of hydrogen-bond donors (Lipinski definition) is 0. The average molecular weight is 398 g/mol. The lowest BCUT2D eigenvalue weighted by Crippen LogP contribution is -2.23. The molecule has 1 amide bonds. The Balaban J connectivity index is 1.78. The van der Waals surface area contributed by atoms with E-state index >= 15 is 0 Å². The highest BCUT2D eigenvalue weighted by Gasteiger charge is 2.18. The van der Waals surface area contributed by atoms with Crippen LogP contribution in [0.25, 0.3) is 10.2 Å². The first-order valence-corrected chi connectivity index (χ1v) is 9.57. The van der Waals surface area contributed by atoms with E-state index in [1.165, 1.54) is 18.4 Å². The number of methoxy groups -OCH3 is 1. The normalized spacial score (nSPS) is 13.5. The summed E-state index contributed by atoms with van der Waals surface area (Å²) in [4.78, 5) is 29.1. The Hall–Kier alpha value is -3.13. The highest BCUT2D eigenvalue weighted by molar-refractivity contribution is 7.16. The lowest BCUT2D eigenvalue weighted by Gasteiger charge is -2.18. The van der Waals surface area contributed by atoms with E-state index in [2.05, 4.69) is 4.99 Å².